The predicted octanol–water partition coefficient (Wildman–Crippen LogP) is 4.93. The molecular formula is C17H17ClO2S. The van der Waals surface area contributed by atoms with Crippen molar-refractivity contribution in [2.45, 2.75) is 18.6 Å². The Bertz CT molecular complexity index is 598. The van der Waals surface area contributed by atoms with Gasteiger partial charge in [-0.1, -0.05) is 29.8 Å². The summed E-state index contributed by atoms with van der Waals surface area (Å²) in [5.74, 6) is 3.92. The van der Waals surface area contributed by atoms with E-state index in [1.807, 2.05) is 30.0 Å². The minimum atomic E-state index is 0.343. The summed E-state index contributed by atoms with van der Waals surface area (Å²) in [5.41, 5.74) is 2.64. The number of hydrogen-bond acceptors (Lipinski definition) is 3. The molecule has 0 radical (unpaired) electrons. The van der Waals surface area contributed by atoms with Gasteiger partial charge in [0.15, 0.2) is 11.5 Å². The van der Waals surface area contributed by atoms with Crippen LogP contribution in [0.25, 0.3) is 0 Å². The first-order valence-electron chi connectivity index (χ1n) is 7.02. The normalized spacial score (nSPS) is 12.6. The second kappa shape index (κ2) is 7.10. The highest BCUT2D eigenvalue weighted by atomic mass is 35.5. The zero-order valence-electron chi connectivity index (χ0n) is 11.7. The summed E-state index contributed by atoms with van der Waals surface area (Å²) in [7, 11) is 0. The molecule has 0 aliphatic carbocycles. The van der Waals surface area contributed by atoms with Crippen molar-refractivity contribution in [3.8, 4) is 11.5 Å². The van der Waals surface area contributed by atoms with E-state index in [2.05, 4.69) is 24.3 Å². The first-order chi connectivity index (χ1) is 10.3. The van der Waals surface area contributed by atoms with Crippen LogP contribution in [0.1, 0.15) is 17.5 Å². The fourth-order valence-corrected chi connectivity index (χ4v) is 3.29. The van der Waals surface area contributed by atoms with E-state index >= 15 is 0 Å². The molecule has 2 aromatic carbocycles. The van der Waals surface area contributed by atoms with Crippen molar-refractivity contribution in [1.29, 1.82) is 0 Å². The molecule has 0 atom stereocenters. The zero-order chi connectivity index (χ0) is 14.5. The van der Waals surface area contributed by atoms with Crippen molar-refractivity contribution in [2.24, 2.45) is 0 Å². The average Bonchev–Trinajstić information content (AvgIpc) is 2.96. The van der Waals surface area contributed by atoms with Crippen LogP contribution in [-0.2, 0) is 12.2 Å². The third-order valence-electron chi connectivity index (χ3n) is 3.37. The quantitative estimate of drug-likeness (QED) is 0.703. The summed E-state index contributed by atoms with van der Waals surface area (Å²) in [6.07, 6.45) is 2.24. The van der Waals surface area contributed by atoms with Gasteiger partial charge >= 0.3 is 0 Å². The molecule has 21 heavy (non-hydrogen) atoms. The second-order valence-electron chi connectivity index (χ2n) is 4.97. The van der Waals surface area contributed by atoms with Crippen molar-refractivity contribution in [3.05, 3.63) is 58.6 Å². The van der Waals surface area contributed by atoms with Crippen molar-refractivity contribution < 1.29 is 9.47 Å². The minimum absolute atomic E-state index is 0.343. The lowest BCUT2D eigenvalue weighted by atomic mass is 10.1. The van der Waals surface area contributed by atoms with Crippen LogP contribution in [0.5, 0.6) is 11.5 Å². The van der Waals surface area contributed by atoms with Gasteiger partial charge in [0.1, 0.15) is 0 Å². The molecule has 4 heteroatoms. The summed E-state index contributed by atoms with van der Waals surface area (Å²) < 4.78 is 10.7. The minimum Gasteiger partial charge on any atom is -0.454 e. The molecule has 0 bridgehead atoms. The molecule has 0 saturated carbocycles. The first kappa shape index (κ1) is 14.6. The molecule has 0 amide bonds. The van der Waals surface area contributed by atoms with Gasteiger partial charge in [-0.25, -0.2) is 0 Å². The Balaban J connectivity index is 1.39. The van der Waals surface area contributed by atoms with Crippen LogP contribution in [0, 0.1) is 0 Å². The maximum atomic E-state index is 5.88. The predicted molar refractivity (Wildman–Crippen MR) is 88.5 cm³/mol. The van der Waals surface area contributed by atoms with Crippen molar-refractivity contribution in [2.75, 3.05) is 12.5 Å². The van der Waals surface area contributed by atoms with Gasteiger partial charge < -0.3 is 9.47 Å². The van der Waals surface area contributed by atoms with E-state index in [0.29, 0.717) is 6.79 Å². The fraction of sp³-hybridized carbons (Fsp3) is 0.294. The second-order valence-corrected chi connectivity index (χ2v) is 6.51. The molecule has 1 aliphatic heterocycles. The Hall–Kier alpha value is -1.32. The highest BCUT2D eigenvalue weighted by molar-refractivity contribution is 7.98. The molecule has 0 aromatic heterocycles. The molecule has 0 saturated heterocycles. The van der Waals surface area contributed by atoms with Gasteiger partial charge in [-0.05, 0) is 54.0 Å². The molecule has 0 N–H and O–H groups in total. The van der Waals surface area contributed by atoms with Gasteiger partial charge in [0, 0.05) is 10.8 Å². The zero-order valence-corrected chi connectivity index (χ0v) is 13.3. The van der Waals surface area contributed by atoms with E-state index in [-0.39, 0.29) is 0 Å². The molecule has 2 nitrogen and oxygen atoms in total. The van der Waals surface area contributed by atoms with Gasteiger partial charge in [0.2, 0.25) is 6.79 Å². The lowest BCUT2D eigenvalue weighted by Gasteiger charge is -2.04. The SMILES string of the molecule is Clc1ccc(CSCCCc2ccc3c(c2)OCO3)cc1. The molecule has 1 aliphatic rings. The largest absolute Gasteiger partial charge is 0.454 e. The number of thioether (sulfide) groups is 1. The standard InChI is InChI=1S/C17H17ClO2S/c18-15-6-3-14(4-7-15)11-21-9-1-2-13-5-8-16-17(10-13)20-12-19-16/h3-8,10H,1-2,9,11-12H2. The molecule has 0 spiro atoms. The Morgan fingerprint density at radius 2 is 1.71 bits per heavy atom. The van der Waals surface area contributed by atoms with Gasteiger partial charge in [-0.3, -0.25) is 0 Å². The summed E-state index contributed by atoms with van der Waals surface area (Å²) in [6.45, 7) is 0.343. The van der Waals surface area contributed by atoms with Crippen LogP contribution >= 0.6 is 23.4 Å². The molecule has 0 fully saturated rings. The van der Waals surface area contributed by atoms with E-state index in [4.69, 9.17) is 21.1 Å². The smallest absolute Gasteiger partial charge is 0.231 e. The summed E-state index contributed by atoms with van der Waals surface area (Å²) in [4.78, 5) is 0. The molecule has 2 aromatic rings. The number of aryl methyl sites for hydroxylation is 1. The third-order valence-corrected chi connectivity index (χ3v) is 4.74. The molecule has 110 valence electrons. The van der Waals surface area contributed by atoms with Gasteiger partial charge in [0.05, 0.1) is 0 Å². The highest BCUT2D eigenvalue weighted by Crippen LogP contribution is 2.32. The number of benzene rings is 2. The van der Waals surface area contributed by atoms with Crippen LogP contribution in [-0.4, -0.2) is 12.5 Å². The Morgan fingerprint density at radius 1 is 0.952 bits per heavy atom. The maximum Gasteiger partial charge on any atom is 0.231 e. The lowest BCUT2D eigenvalue weighted by molar-refractivity contribution is 0.174. The van der Waals surface area contributed by atoms with E-state index in [9.17, 15) is 0 Å². The topological polar surface area (TPSA) is 18.5 Å². The number of halogens is 1. The van der Waals surface area contributed by atoms with Crippen molar-refractivity contribution in [1.82, 2.24) is 0 Å². The Labute approximate surface area is 134 Å². The monoisotopic (exact) mass is 320 g/mol. The Morgan fingerprint density at radius 3 is 2.57 bits per heavy atom. The van der Waals surface area contributed by atoms with Crippen LogP contribution in [0.2, 0.25) is 5.02 Å². The van der Waals surface area contributed by atoms with E-state index in [0.717, 1.165) is 40.9 Å². The van der Waals surface area contributed by atoms with Crippen molar-refractivity contribution >= 4 is 23.4 Å². The van der Waals surface area contributed by atoms with Crippen LogP contribution < -0.4 is 9.47 Å². The first-order valence-corrected chi connectivity index (χ1v) is 8.55. The number of rotatable bonds is 6. The molecular weight excluding hydrogens is 304 g/mol. The van der Waals surface area contributed by atoms with Crippen LogP contribution in [0.4, 0.5) is 0 Å². The van der Waals surface area contributed by atoms with E-state index in [1.54, 1.807) is 0 Å². The molecule has 3 rings (SSSR count). The third kappa shape index (κ3) is 4.08. The lowest BCUT2D eigenvalue weighted by Crippen LogP contribution is -1.93. The summed E-state index contributed by atoms with van der Waals surface area (Å²) >= 11 is 7.84. The van der Waals surface area contributed by atoms with Crippen molar-refractivity contribution in [3.63, 3.8) is 0 Å². The highest BCUT2D eigenvalue weighted by Gasteiger charge is 2.12. The number of ether oxygens (including phenoxy) is 2. The van der Waals surface area contributed by atoms with Gasteiger partial charge in [-0.2, -0.15) is 11.8 Å². The van der Waals surface area contributed by atoms with Gasteiger partial charge in [0.25, 0.3) is 0 Å². The van der Waals surface area contributed by atoms with Crippen LogP contribution in [0.15, 0.2) is 42.5 Å². The van der Waals surface area contributed by atoms with E-state index < -0.39 is 0 Å². The number of fused-ring (bicyclic) bond motifs is 1. The summed E-state index contributed by atoms with van der Waals surface area (Å²) in [6, 6.07) is 14.3. The van der Waals surface area contributed by atoms with Gasteiger partial charge in [-0.15, -0.1) is 0 Å². The average molecular weight is 321 g/mol. The molecule has 0 unspecified atom stereocenters. The number of hydrogen-bond donors (Lipinski definition) is 0. The van der Waals surface area contributed by atoms with E-state index in [1.165, 1.54) is 11.1 Å². The summed E-state index contributed by atoms with van der Waals surface area (Å²) in [5, 5.41) is 0.798. The maximum absolute atomic E-state index is 5.88. The van der Waals surface area contributed by atoms with Crippen LogP contribution in [0.3, 0.4) is 0 Å². The Kier molecular flexibility index (Phi) is 4.94. The fourth-order valence-electron chi connectivity index (χ4n) is 2.25. The molecule has 1 heterocycles.